The van der Waals surface area contributed by atoms with Crippen molar-refractivity contribution < 1.29 is 0 Å². The third-order valence-corrected chi connectivity index (χ3v) is 4.58. The van der Waals surface area contributed by atoms with E-state index in [1.165, 1.54) is 0 Å². The molecule has 8 heteroatoms. The lowest BCUT2D eigenvalue weighted by Gasteiger charge is -2.43. The van der Waals surface area contributed by atoms with Crippen molar-refractivity contribution in [2.24, 2.45) is 9.98 Å². The van der Waals surface area contributed by atoms with Crippen molar-refractivity contribution in [3.8, 4) is 0 Å². The molecule has 23 heavy (non-hydrogen) atoms. The van der Waals surface area contributed by atoms with E-state index >= 15 is 0 Å². The first-order valence-corrected chi connectivity index (χ1v) is 7.97. The van der Waals surface area contributed by atoms with Crippen LogP contribution in [0.5, 0.6) is 0 Å². The fraction of sp³-hybridized carbons (Fsp3) is 0.533. The number of aliphatic imine (C=N–C) groups is 2. The maximum atomic E-state index is 4.78. The molecule has 0 aromatic carbocycles. The third kappa shape index (κ3) is 2.99. The van der Waals surface area contributed by atoms with E-state index in [4.69, 9.17) is 9.98 Å². The highest BCUT2D eigenvalue weighted by Crippen LogP contribution is 2.36. The van der Waals surface area contributed by atoms with Crippen LogP contribution in [0, 0.1) is 0 Å². The van der Waals surface area contributed by atoms with Crippen molar-refractivity contribution in [1.29, 1.82) is 0 Å². The summed E-state index contributed by atoms with van der Waals surface area (Å²) in [5.74, 6) is 2.74. The van der Waals surface area contributed by atoms with Crippen LogP contribution in [0.1, 0.15) is 14.4 Å². The Kier molecular flexibility index (Phi) is 5.37. The van der Waals surface area contributed by atoms with Gasteiger partial charge in [0.1, 0.15) is 0 Å². The maximum absolute atomic E-state index is 4.78. The molecule has 4 heterocycles. The van der Waals surface area contributed by atoms with E-state index in [1.54, 1.807) is 6.20 Å². The average Bonchev–Trinajstić information content (AvgIpc) is 2.80. The number of anilines is 1. The SMILES string of the molecule is C.CNC1CN(C2=Nc3ncc(Br)cc3N3C[C@H](C)N=C23)C1.S. The summed E-state index contributed by atoms with van der Waals surface area (Å²) in [5.41, 5.74) is 1.04. The number of likely N-dealkylation sites (N-methyl/N-ethyl adjacent to an activating group) is 1. The Morgan fingerprint density at radius 1 is 1.26 bits per heavy atom. The molecule has 1 aromatic heterocycles. The fourth-order valence-corrected chi connectivity index (χ4v) is 3.28. The summed E-state index contributed by atoms with van der Waals surface area (Å²) in [5, 5.41) is 3.29. The molecule has 1 aromatic rings. The number of fused-ring (bicyclic) bond motifs is 3. The van der Waals surface area contributed by atoms with Gasteiger partial charge in [0.05, 0.1) is 11.7 Å². The molecule has 1 atom stereocenters. The molecule has 3 aliphatic rings. The van der Waals surface area contributed by atoms with Gasteiger partial charge in [0.25, 0.3) is 0 Å². The first-order valence-electron chi connectivity index (χ1n) is 7.18. The van der Waals surface area contributed by atoms with Crippen molar-refractivity contribution in [3.63, 3.8) is 0 Å². The minimum Gasteiger partial charge on any atom is -0.350 e. The van der Waals surface area contributed by atoms with Crippen molar-refractivity contribution in [2.75, 3.05) is 31.6 Å². The summed E-state index contributed by atoms with van der Waals surface area (Å²) in [4.78, 5) is 18.5. The van der Waals surface area contributed by atoms with E-state index in [1.807, 2.05) is 7.05 Å². The molecule has 0 bridgehead atoms. The zero-order valence-electron chi connectivity index (χ0n) is 12.5. The minimum atomic E-state index is 0. The predicted octanol–water partition coefficient (Wildman–Crippen LogP) is 2.15. The topological polar surface area (TPSA) is 56.1 Å². The van der Waals surface area contributed by atoms with Gasteiger partial charge in [-0.1, -0.05) is 7.43 Å². The van der Waals surface area contributed by atoms with E-state index in [9.17, 15) is 0 Å². The molecule has 1 fully saturated rings. The summed E-state index contributed by atoms with van der Waals surface area (Å²) in [7, 11) is 2.00. The van der Waals surface area contributed by atoms with E-state index in [0.29, 0.717) is 6.04 Å². The van der Waals surface area contributed by atoms with Crippen LogP contribution in [0.4, 0.5) is 11.5 Å². The molecule has 0 aliphatic carbocycles. The van der Waals surface area contributed by atoms with Crippen LogP contribution in [-0.4, -0.2) is 60.3 Å². The molecule has 0 amide bonds. The summed E-state index contributed by atoms with van der Waals surface area (Å²) in [6.07, 6.45) is 1.80. The number of amidine groups is 2. The minimum absolute atomic E-state index is 0. The number of hydrogen-bond acceptors (Lipinski definition) is 6. The van der Waals surface area contributed by atoms with E-state index in [-0.39, 0.29) is 27.0 Å². The highest BCUT2D eigenvalue weighted by atomic mass is 79.9. The van der Waals surface area contributed by atoms with Gasteiger partial charge >= 0.3 is 0 Å². The van der Waals surface area contributed by atoms with Gasteiger partial charge in [-0.15, -0.1) is 0 Å². The number of hydrogen-bond donors (Lipinski definition) is 1. The number of halogens is 1. The molecule has 0 saturated carbocycles. The Labute approximate surface area is 152 Å². The summed E-state index contributed by atoms with van der Waals surface area (Å²) in [6, 6.07) is 2.90. The van der Waals surface area contributed by atoms with Crippen LogP contribution in [-0.2, 0) is 0 Å². The number of rotatable bonds is 1. The third-order valence-electron chi connectivity index (χ3n) is 4.15. The van der Waals surface area contributed by atoms with Gasteiger partial charge in [0.15, 0.2) is 17.5 Å². The Balaban J connectivity index is 0.000000960. The quantitative estimate of drug-likeness (QED) is 0.787. The first kappa shape index (κ1) is 18.2. The lowest BCUT2D eigenvalue weighted by molar-refractivity contribution is 0.228. The Bertz CT molecular complexity index is 655. The van der Waals surface area contributed by atoms with Crippen LogP contribution in [0.25, 0.3) is 0 Å². The predicted molar refractivity (Wildman–Crippen MR) is 105 cm³/mol. The first-order chi connectivity index (χ1) is 10.2. The summed E-state index contributed by atoms with van der Waals surface area (Å²) < 4.78 is 0.970. The van der Waals surface area contributed by atoms with Gasteiger partial charge in [0.2, 0.25) is 0 Å². The molecule has 0 unspecified atom stereocenters. The number of pyridine rings is 1. The second-order valence-electron chi connectivity index (χ2n) is 5.73. The van der Waals surface area contributed by atoms with Crippen molar-refractivity contribution >= 4 is 52.6 Å². The molecular weight excluding hydrogens is 376 g/mol. The average molecular weight is 399 g/mol. The summed E-state index contributed by atoms with van der Waals surface area (Å²) in [6.45, 7) is 4.98. The van der Waals surface area contributed by atoms with Crippen LogP contribution in [0.3, 0.4) is 0 Å². The van der Waals surface area contributed by atoms with Crippen molar-refractivity contribution in [1.82, 2.24) is 15.2 Å². The molecule has 1 N–H and O–H groups in total. The van der Waals surface area contributed by atoms with E-state index < -0.39 is 0 Å². The highest BCUT2D eigenvalue weighted by Gasteiger charge is 2.39. The summed E-state index contributed by atoms with van der Waals surface area (Å²) >= 11 is 3.49. The van der Waals surface area contributed by atoms with Crippen molar-refractivity contribution in [2.45, 2.75) is 26.4 Å². The smallest absolute Gasteiger partial charge is 0.178 e. The van der Waals surface area contributed by atoms with Crippen LogP contribution >= 0.6 is 29.4 Å². The zero-order chi connectivity index (χ0) is 14.6. The number of nitrogens with zero attached hydrogens (tertiary/aromatic N) is 5. The largest absolute Gasteiger partial charge is 0.350 e. The van der Waals surface area contributed by atoms with Crippen LogP contribution in [0.2, 0.25) is 0 Å². The maximum Gasteiger partial charge on any atom is 0.178 e. The van der Waals surface area contributed by atoms with Gasteiger partial charge in [0, 0.05) is 36.3 Å². The second-order valence-corrected chi connectivity index (χ2v) is 6.65. The number of aromatic nitrogens is 1. The van der Waals surface area contributed by atoms with E-state index in [2.05, 4.69) is 49.0 Å². The Morgan fingerprint density at radius 3 is 2.70 bits per heavy atom. The van der Waals surface area contributed by atoms with E-state index in [0.717, 1.165) is 47.3 Å². The lowest BCUT2D eigenvalue weighted by Crippen LogP contribution is -2.62. The van der Waals surface area contributed by atoms with Crippen LogP contribution in [0.15, 0.2) is 26.7 Å². The second kappa shape index (κ2) is 6.78. The fourth-order valence-electron chi connectivity index (χ4n) is 2.96. The van der Waals surface area contributed by atoms with Gasteiger partial charge in [-0.05, 0) is 36.0 Å². The van der Waals surface area contributed by atoms with Crippen molar-refractivity contribution in [3.05, 3.63) is 16.7 Å². The van der Waals surface area contributed by atoms with Crippen LogP contribution < -0.4 is 10.2 Å². The molecule has 4 rings (SSSR count). The Hall–Kier alpha value is -1.12. The van der Waals surface area contributed by atoms with Gasteiger partial charge < -0.3 is 15.1 Å². The molecule has 3 aliphatic heterocycles. The molecule has 1 saturated heterocycles. The zero-order valence-corrected chi connectivity index (χ0v) is 15.1. The van der Waals surface area contributed by atoms with Gasteiger partial charge in [-0.3, -0.25) is 4.99 Å². The number of likely N-dealkylation sites (tertiary alicyclic amines) is 1. The Morgan fingerprint density at radius 2 is 2.00 bits per heavy atom. The molecule has 0 radical (unpaired) electrons. The standard InChI is InChI=1S/C14H17BrN6.CH4.H2S/c1-8-5-21-11-3-9(15)4-17-12(11)19-13(14(21)18-8)20-6-10(7-20)16-2;;/h3-4,8,10,16H,5-7H2,1-2H3;1H4;1H2/t8-;;/m0../s1. The number of nitrogens with one attached hydrogen (secondary N) is 1. The molecule has 0 spiro atoms. The van der Waals surface area contributed by atoms with Gasteiger partial charge in [-0.25, -0.2) is 9.98 Å². The van der Waals surface area contributed by atoms with Gasteiger partial charge in [-0.2, -0.15) is 13.5 Å². The molecular formula is C15H23BrN6S. The molecule has 6 nitrogen and oxygen atoms in total. The monoisotopic (exact) mass is 398 g/mol. The lowest BCUT2D eigenvalue weighted by atomic mass is 10.1. The highest BCUT2D eigenvalue weighted by molar-refractivity contribution is 9.10. The molecule has 126 valence electrons. The normalized spacial score (nSPS) is 22.1.